The van der Waals surface area contributed by atoms with Crippen molar-refractivity contribution in [1.82, 2.24) is 19.6 Å². The summed E-state index contributed by atoms with van der Waals surface area (Å²) in [5, 5.41) is 15.3. The van der Waals surface area contributed by atoms with Gasteiger partial charge in [0.05, 0.1) is 36.0 Å². The van der Waals surface area contributed by atoms with Crippen molar-refractivity contribution in [2.75, 3.05) is 10.6 Å². The number of rotatable bonds is 4. The van der Waals surface area contributed by atoms with Crippen molar-refractivity contribution in [3.8, 4) is 0 Å². The molecule has 0 spiro atoms. The van der Waals surface area contributed by atoms with E-state index in [9.17, 15) is 0 Å². The monoisotopic (exact) mass is 404 g/mol. The number of nitrogens with zero attached hydrogens (tertiary/aromatic N) is 4. The molecule has 8 heteroatoms. The Bertz CT molecular complexity index is 852. The molecule has 0 fully saturated rings. The molecule has 0 saturated heterocycles. The van der Waals surface area contributed by atoms with E-state index in [1.165, 1.54) is 5.56 Å². The molecular formula is C16H17BrN6S. The van der Waals surface area contributed by atoms with E-state index in [1.54, 1.807) is 17.1 Å². The van der Waals surface area contributed by atoms with Gasteiger partial charge in [0.25, 0.3) is 0 Å². The molecule has 3 aromatic rings. The summed E-state index contributed by atoms with van der Waals surface area (Å²) in [5.41, 5.74) is 3.92. The van der Waals surface area contributed by atoms with Gasteiger partial charge in [-0.15, -0.1) is 0 Å². The van der Waals surface area contributed by atoms with Gasteiger partial charge in [0.2, 0.25) is 0 Å². The molecule has 0 amide bonds. The Hall–Kier alpha value is -2.19. The van der Waals surface area contributed by atoms with Gasteiger partial charge in [-0.05, 0) is 36.8 Å². The van der Waals surface area contributed by atoms with Crippen LogP contribution in [0, 0.1) is 6.92 Å². The summed E-state index contributed by atoms with van der Waals surface area (Å²) in [6.07, 6.45) is 5.43. The topological polar surface area (TPSA) is 59.7 Å². The molecular weight excluding hydrogens is 388 g/mol. The van der Waals surface area contributed by atoms with Gasteiger partial charge >= 0.3 is 0 Å². The Morgan fingerprint density at radius 3 is 2.58 bits per heavy atom. The highest BCUT2D eigenvalue weighted by Gasteiger charge is 2.07. The third kappa shape index (κ3) is 4.01. The van der Waals surface area contributed by atoms with Crippen LogP contribution in [0.5, 0.6) is 0 Å². The van der Waals surface area contributed by atoms with Gasteiger partial charge in [0.1, 0.15) is 0 Å². The zero-order chi connectivity index (χ0) is 17.1. The van der Waals surface area contributed by atoms with Crippen LogP contribution in [-0.2, 0) is 13.6 Å². The van der Waals surface area contributed by atoms with Crippen LogP contribution in [0.4, 0.5) is 11.4 Å². The van der Waals surface area contributed by atoms with E-state index < -0.39 is 0 Å². The first-order chi connectivity index (χ1) is 11.5. The van der Waals surface area contributed by atoms with Crippen molar-refractivity contribution in [3.63, 3.8) is 0 Å². The minimum Gasteiger partial charge on any atom is -0.330 e. The molecule has 0 aliphatic carbocycles. The summed E-state index contributed by atoms with van der Waals surface area (Å²) in [6.45, 7) is 2.69. The van der Waals surface area contributed by atoms with Crippen LogP contribution in [0.1, 0.15) is 11.3 Å². The summed E-state index contributed by atoms with van der Waals surface area (Å²) in [4.78, 5) is 0. The molecule has 0 radical (unpaired) electrons. The number of hydrogen-bond donors (Lipinski definition) is 2. The largest absolute Gasteiger partial charge is 0.330 e. The van der Waals surface area contributed by atoms with Crippen molar-refractivity contribution in [2.45, 2.75) is 13.5 Å². The second-order valence-electron chi connectivity index (χ2n) is 5.40. The van der Waals surface area contributed by atoms with Crippen molar-refractivity contribution < 1.29 is 0 Å². The van der Waals surface area contributed by atoms with Gasteiger partial charge in [0, 0.05) is 17.7 Å². The second-order valence-corrected chi connectivity index (χ2v) is 6.72. The summed E-state index contributed by atoms with van der Waals surface area (Å²) >= 11 is 8.77. The average molecular weight is 405 g/mol. The molecule has 2 N–H and O–H groups in total. The van der Waals surface area contributed by atoms with Crippen molar-refractivity contribution in [2.24, 2.45) is 7.05 Å². The van der Waals surface area contributed by atoms with Crippen molar-refractivity contribution in [3.05, 3.63) is 58.6 Å². The average Bonchev–Trinajstić information content (AvgIpc) is 3.11. The van der Waals surface area contributed by atoms with Crippen LogP contribution in [-0.4, -0.2) is 24.7 Å². The summed E-state index contributed by atoms with van der Waals surface area (Å²) in [7, 11) is 1.89. The van der Waals surface area contributed by atoms with E-state index >= 15 is 0 Å². The lowest BCUT2D eigenvalue weighted by atomic mass is 10.2. The molecule has 2 heterocycles. The predicted octanol–water partition coefficient (Wildman–Crippen LogP) is 3.54. The molecule has 2 aromatic heterocycles. The van der Waals surface area contributed by atoms with Crippen LogP contribution in [0.15, 0.2) is 47.3 Å². The number of nitrogens with one attached hydrogen (secondary N) is 2. The molecule has 6 nitrogen and oxygen atoms in total. The molecule has 0 atom stereocenters. The fraction of sp³-hybridized carbons (Fsp3) is 0.188. The van der Waals surface area contributed by atoms with E-state index in [1.807, 2.05) is 37.0 Å². The zero-order valence-corrected chi connectivity index (χ0v) is 15.7. The van der Waals surface area contributed by atoms with Gasteiger partial charge in [-0.2, -0.15) is 10.2 Å². The van der Waals surface area contributed by atoms with Crippen LogP contribution >= 0.6 is 28.1 Å². The Morgan fingerprint density at radius 1 is 1.17 bits per heavy atom. The Morgan fingerprint density at radius 2 is 1.92 bits per heavy atom. The molecule has 1 aromatic carbocycles. The van der Waals surface area contributed by atoms with E-state index in [4.69, 9.17) is 12.2 Å². The number of benzene rings is 1. The predicted molar refractivity (Wildman–Crippen MR) is 103 cm³/mol. The van der Waals surface area contributed by atoms with E-state index in [2.05, 4.69) is 48.9 Å². The first kappa shape index (κ1) is 16.7. The highest BCUT2D eigenvalue weighted by Crippen LogP contribution is 2.14. The maximum absolute atomic E-state index is 5.34. The van der Waals surface area contributed by atoms with Crippen molar-refractivity contribution in [1.29, 1.82) is 0 Å². The maximum Gasteiger partial charge on any atom is 0.175 e. The number of anilines is 2. The molecule has 124 valence electrons. The molecule has 0 aliphatic rings. The molecule has 0 unspecified atom stereocenters. The normalized spacial score (nSPS) is 10.6. The van der Waals surface area contributed by atoms with E-state index in [0.29, 0.717) is 11.7 Å². The lowest BCUT2D eigenvalue weighted by Crippen LogP contribution is -2.19. The van der Waals surface area contributed by atoms with Crippen LogP contribution in [0.25, 0.3) is 0 Å². The summed E-state index contributed by atoms with van der Waals surface area (Å²) in [5.74, 6) is 0. The highest BCUT2D eigenvalue weighted by molar-refractivity contribution is 9.10. The van der Waals surface area contributed by atoms with E-state index in [0.717, 1.165) is 21.5 Å². The molecule has 0 saturated carbocycles. The smallest absolute Gasteiger partial charge is 0.175 e. The van der Waals surface area contributed by atoms with Gasteiger partial charge < -0.3 is 10.6 Å². The fourth-order valence-corrected chi connectivity index (χ4v) is 2.69. The molecule has 0 aliphatic heterocycles. The Labute approximate surface area is 154 Å². The summed E-state index contributed by atoms with van der Waals surface area (Å²) in [6, 6.07) is 8.17. The van der Waals surface area contributed by atoms with Gasteiger partial charge in [-0.3, -0.25) is 9.36 Å². The third-order valence-electron chi connectivity index (χ3n) is 3.63. The van der Waals surface area contributed by atoms with Gasteiger partial charge in [0.15, 0.2) is 5.11 Å². The first-order valence-electron chi connectivity index (χ1n) is 7.35. The molecule has 3 rings (SSSR count). The standard InChI is InChI=1S/C16H17BrN6S/c1-11-15(8-18-22(11)2)21-16(24)20-14-7-19-23(10-14)9-12-3-5-13(17)6-4-12/h3-8,10H,9H2,1-2H3,(H2,20,21,24). The number of thiocarbonyl (C=S) groups is 1. The number of halogens is 1. The SMILES string of the molecule is Cc1c(NC(=S)Nc2cnn(Cc3ccc(Br)cc3)c2)cnn1C. The quantitative estimate of drug-likeness (QED) is 0.651. The van der Waals surface area contributed by atoms with Crippen LogP contribution < -0.4 is 10.6 Å². The Balaban J connectivity index is 1.60. The second kappa shape index (κ2) is 7.14. The maximum atomic E-state index is 5.34. The number of aromatic nitrogens is 4. The fourth-order valence-electron chi connectivity index (χ4n) is 2.20. The molecule has 24 heavy (non-hydrogen) atoms. The zero-order valence-electron chi connectivity index (χ0n) is 13.3. The minimum atomic E-state index is 0.509. The Kier molecular flexibility index (Phi) is 4.96. The number of aryl methyl sites for hydroxylation is 1. The number of hydrogen-bond acceptors (Lipinski definition) is 3. The van der Waals surface area contributed by atoms with Gasteiger partial charge in [-0.1, -0.05) is 28.1 Å². The van der Waals surface area contributed by atoms with E-state index in [-0.39, 0.29) is 0 Å². The van der Waals surface area contributed by atoms with Crippen LogP contribution in [0.2, 0.25) is 0 Å². The lowest BCUT2D eigenvalue weighted by molar-refractivity contribution is 0.687. The third-order valence-corrected chi connectivity index (χ3v) is 4.37. The van der Waals surface area contributed by atoms with Crippen LogP contribution in [0.3, 0.4) is 0 Å². The minimum absolute atomic E-state index is 0.509. The highest BCUT2D eigenvalue weighted by atomic mass is 79.9. The van der Waals surface area contributed by atoms with Gasteiger partial charge in [-0.25, -0.2) is 0 Å². The molecule has 0 bridgehead atoms. The first-order valence-corrected chi connectivity index (χ1v) is 8.55. The van der Waals surface area contributed by atoms with Crippen molar-refractivity contribution >= 4 is 44.6 Å². The lowest BCUT2D eigenvalue weighted by Gasteiger charge is -2.08. The summed E-state index contributed by atoms with van der Waals surface area (Å²) < 4.78 is 4.72.